The maximum Gasteiger partial charge on any atom is 0.252 e. The highest BCUT2D eigenvalue weighted by Crippen LogP contribution is 2.32. The van der Waals surface area contributed by atoms with E-state index in [0.717, 1.165) is 54.2 Å². The predicted molar refractivity (Wildman–Crippen MR) is 185 cm³/mol. The summed E-state index contributed by atoms with van der Waals surface area (Å²) in [7, 11) is 3.96. The number of fused-ring (bicyclic) bond motifs is 2. The van der Waals surface area contributed by atoms with Crippen LogP contribution < -0.4 is 11.1 Å². The maximum atomic E-state index is 13.6. The summed E-state index contributed by atoms with van der Waals surface area (Å²) in [5.41, 5.74) is 12.6. The first-order valence-electron chi connectivity index (χ1n) is 15.3. The number of hydrogen-bond acceptors (Lipinski definition) is 4. The zero-order valence-corrected chi connectivity index (χ0v) is 27.1. The zero-order chi connectivity index (χ0) is 30.9. The molecule has 1 amide bonds. The van der Waals surface area contributed by atoms with E-state index >= 15 is 0 Å². The number of nitrogens with one attached hydrogen (secondary N) is 2. The van der Waals surface area contributed by atoms with Gasteiger partial charge in [0.05, 0.1) is 23.3 Å². The Kier molecular flexibility index (Phi) is 10.8. The van der Waals surface area contributed by atoms with Crippen molar-refractivity contribution in [3.8, 4) is 23.1 Å². The molecule has 44 heavy (non-hydrogen) atoms. The maximum absolute atomic E-state index is 13.6. The number of nitrogens with zero attached hydrogens (tertiary/aromatic N) is 2. The van der Waals surface area contributed by atoms with Gasteiger partial charge in [0.15, 0.2) is 0 Å². The van der Waals surface area contributed by atoms with Crippen LogP contribution >= 0.6 is 15.9 Å². The first-order valence-corrected chi connectivity index (χ1v) is 16.1. The van der Waals surface area contributed by atoms with E-state index in [4.69, 9.17) is 10.7 Å². The number of H-pyrrole nitrogens is 1. The first kappa shape index (κ1) is 31.5. The molecule has 5 aromatic rings. The fourth-order valence-corrected chi connectivity index (χ4v) is 5.73. The van der Waals surface area contributed by atoms with E-state index in [1.807, 2.05) is 85.9 Å². The third-order valence-electron chi connectivity index (χ3n) is 7.81. The van der Waals surface area contributed by atoms with Gasteiger partial charge in [-0.3, -0.25) is 9.69 Å². The number of aromatic amines is 1. The van der Waals surface area contributed by atoms with Gasteiger partial charge in [-0.05, 0) is 67.7 Å². The van der Waals surface area contributed by atoms with Crippen molar-refractivity contribution in [3.63, 3.8) is 0 Å². The van der Waals surface area contributed by atoms with Crippen LogP contribution in [-0.2, 0) is 13.1 Å². The number of carbonyl (C=O) groups excluding carboxylic acids is 1. The lowest BCUT2D eigenvalue weighted by atomic mass is 10.0. The van der Waals surface area contributed by atoms with Crippen molar-refractivity contribution in [2.45, 2.75) is 51.6 Å². The van der Waals surface area contributed by atoms with Gasteiger partial charge in [-0.2, -0.15) is 0 Å². The average Bonchev–Trinajstić information content (AvgIpc) is 3.47. The van der Waals surface area contributed by atoms with Crippen LogP contribution in [-0.4, -0.2) is 41.4 Å². The number of nitrogens with two attached hydrogens (primary N) is 1. The molecule has 0 unspecified atom stereocenters. The predicted octanol–water partition coefficient (Wildman–Crippen LogP) is 7.79. The number of hydrogen-bond donors (Lipinski definition) is 3. The highest BCUT2D eigenvalue weighted by molar-refractivity contribution is 9.10. The fourth-order valence-electron chi connectivity index (χ4n) is 5.37. The van der Waals surface area contributed by atoms with E-state index in [2.05, 4.69) is 44.1 Å². The van der Waals surface area contributed by atoms with Crippen LogP contribution in [0.1, 0.15) is 65.6 Å². The van der Waals surface area contributed by atoms with Crippen LogP contribution in [0.15, 0.2) is 77.4 Å². The van der Waals surface area contributed by atoms with E-state index in [1.54, 1.807) is 0 Å². The molecule has 0 atom stereocenters. The second-order valence-electron chi connectivity index (χ2n) is 11.5. The van der Waals surface area contributed by atoms with Gasteiger partial charge in [0.2, 0.25) is 0 Å². The van der Waals surface area contributed by atoms with Gasteiger partial charge in [0.1, 0.15) is 0 Å². The van der Waals surface area contributed by atoms with Crippen molar-refractivity contribution in [2.24, 2.45) is 5.73 Å². The summed E-state index contributed by atoms with van der Waals surface area (Å²) >= 11 is 3.57. The Labute approximate surface area is 268 Å². The molecule has 0 spiro atoms. The molecule has 6 nitrogen and oxygen atoms in total. The molecule has 7 heteroatoms. The molecule has 226 valence electrons. The normalized spacial score (nSPS) is 12.8. The molecule has 0 radical (unpaired) electrons. The molecule has 1 aliphatic carbocycles. The second-order valence-corrected chi connectivity index (χ2v) is 12.5. The average molecular weight is 651 g/mol. The lowest BCUT2D eigenvalue weighted by Gasteiger charge is -2.11. The third-order valence-corrected chi connectivity index (χ3v) is 8.31. The lowest BCUT2D eigenvalue weighted by molar-refractivity contribution is 0.0952. The standard InChI is InChI=1S/C31H28BrN5O.C6H12/c1-37(2)13-3-4-20-9-11-29-24(14-20)26(31(38)35-18-22-7-5-21(17-33)6-8-22)16-30(36-29)27-19-34-28-12-10-23(32)15-25(27)28;1-2-4-6-5-3-1/h5-12,14-16,19,34H,13,17-18,33H2,1-2H3,(H,35,38);1-6H2. The van der Waals surface area contributed by atoms with Crippen molar-refractivity contribution in [1.82, 2.24) is 20.2 Å². The Bertz CT molecular complexity index is 1780. The molecule has 1 aliphatic rings. The van der Waals surface area contributed by atoms with E-state index in [0.29, 0.717) is 25.2 Å². The van der Waals surface area contributed by atoms with Crippen molar-refractivity contribution in [1.29, 1.82) is 0 Å². The molecule has 0 bridgehead atoms. The molecule has 0 aliphatic heterocycles. The SMILES string of the molecule is C1CCCCC1.CN(C)CC#Cc1ccc2nc(-c3c[nH]c4ccc(Br)cc34)cc(C(=O)NCc3ccc(CN)cc3)c2c1. The lowest BCUT2D eigenvalue weighted by Crippen LogP contribution is -2.23. The molecule has 2 aromatic heterocycles. The number of benzene rings is 3. The Morgan fingerprint density at radius 2 is 1.64 bits per heavy atom. The molecule has 3 aromatic carbocycles. The highest BCUT2D eigenvalue weighted by Gasteiger charge is 2.17. The van der Waals surface area contributed by atoms with Gasteiger partial charge in [-0.1, -0.05) is 90.6 Å². The van der Waals surface area contributed by atoms with Crippen LogP contribution in [0.2, 0.25) is 0 Å². The number of rotatable bonds is 6. The second kappa shape index (κ2) is 15.2. The summed E-state index contributed by atoms with van der Waals surface area (Å²) < 4.78 is 0.978. The Hall–Kier alpha value is -3.96. The number of pyridine rings is 1. The van der Waals surface area contributed by atoms with E-state index in [-0.39, 0.29) is 5.91 Å². The summed E-state index contributed by atoms with van der Waals surface area (Å²) in [5.74, 6) is 6.21. The molecular formula is C37H40BrN5O. The topological polar surface area (TPSA) is 87.0 Å². The monoisotopic (exact) mass is 649 g/mol. The van der Waals surface area contributed by atoms with Gasteiger partial charge in [-0.15, -0.1) is 0 Å². The van der Waals surface area contributed by atoms with Crippen molar-refractivity contribution in [3.05, 3.63) is 99.7 Å². The van der Waals surface area contributed by atoms with Crippen molar-refractivity contribution >= 4 is 43.6 Å². The largest absolute Gasteiger partial charge is 0.360 e. The third kappa shape index (κ3) is 8.15. The smallest absolute Gasteiger partial charge is 0.252 e. The summed E-state index contributed by atoms with van der Waals surface area (Å²) in [6.45, 7) is 1.55. The van der Waals surface area contributed by atoms with Crippen LogP contribution in [0.25, 0.3) is 33.1 Å². The van der Waals surface area contributed by atoms with E-state index < -0.39 is 0 Å². The van der Waals surface area contributed by atoms with Crippen molar-refractivity contribution in [2.75, 3.05) is 20.6 Å². The van der Waals surface area contributed by atoms with Gasteiger partial charge in [0, 0.05) is 51.2 Å². The van der Waals surface area contributed by atoms with E-state index in [9.17, 15) is 4.79 Å². The minimum absolute atomic E-state index is 0.166. The summed E-state index contributed by atoms with van der Waals surface area (Å²) in [5, 5.41) is 4.88. The Morgan fingerprint density at radius 1 is 0.932 bits per heavy atom. The first-order chi connectivity index (χ1) is 21.4. The number of aromatic nitrogens is 2. The van der Waals surface area contributed by atoms with Gasteiger partial charge in [-0.25, -0.2) is 4.98 Å². The molecule has 1 fully saturated rings. The highest BCUT2D eigenvalue weighted by atomic mass is 79.9. The van der Waals surface area contributed by atoms with Crippen LogP contribution in [0, 0.1) is 11.8 Å². The molecule has 0 saturated heterocycles. The summed E-state index contributed by atoms with van der Waals surface area (Å²) in [4.78, 5) is 23.9. The van der Waals surface area contributed by atoms with Crippen LogP contribution in [0.5, 0.6) is 0 Å². The minimum Gasteiger partial charge on any atom is -0.360 e. The molecule has 4 N–H and O–H groups in total. The molecular weight excluding hydrogens is 610 g/mol. The Balaban J connectivity index is 0.000000573. The minimum atomic E-state index is -0.166. The van der Waals surface area contributed by atoms with Gasteiger partial charge >= 0.3 is 0 Å². The summed E-state index contributed by atoms with van der Waals surface area (Å²) in [6.07, 6.45) is 10.9. The Morgan fingerprint density at radius 3 is 2.32 bits per heavy atom. The number of amides is 1. The zero-order valence-electron chi connectivity index (χ0n) is 25.6. The van der Waals surface area contributed by atoms with E-state index in [1.165, 1.54) is 38.5 Å². The van der Waals surface area contributed by atoms with Crippen LogP contribution in [0.3, 0.4) is 0 Å². The number of carbonyl (C=O) groups is 1. The molecule has 6 rings (SSSR count). The van der Waals surface area contributed by atoms with Crippen LogP contribution in [0.4, 0.5) is 0 Å². The summed E-state index contributed by atoms with van der Waals surface area (Å²) in [6, 6.07) is 21.7. The molecule has 1 saturated carbocycles. The van der Waals surface area contributed by atoms with Crippen molar-refractivity contribution < 1.29 is 4.79 Å². The molecule has 2 heterocycles. The quantitative estimate of drug-likeness (QED) is 0.164. The van der Waals surface area contributed by atoms with Gasteiger partial charge in [0.25, 0.3) is 5.91 Å². The number of halogens is 1. The van der Waals surface area contributed by atoms with Gasteiger partial charge < -0.3 is 16.0 Å². The fraction of sp³-hybridized carbons (Fsp3) is 0.297.